The maximum Gasteiger partial charge on any atom is 0.182 e. The van der Waals surface area contributed by atoms with Gasteiger partial charge in [0.15, 0.2) is 19.4 Å². The Kier molecular flexibility index (Phi) is 2.46. The molecule has 0 fully saturated rings. The van der Waals surface area contributed by atoms with Crippen molar-refractivity contribution in [2.24, 2.45) is 0 Å². The summed E-state index contributed by atoms with van der Waals surface area (Å²) in [5, 5.41) is 0.952. The molecule has 1 nitrogen and oxygen atoms in total. The van der Waals surface area contributed by atoms with E-state index in [2.05, 4.69) is 0 Å². The predicted octanol–water partition coefficient (Wildman–Crippen LogP) is 1.70. The zero-order valence-electron chi connectivity index (χ0n) is 8.13. The summed E-state index contributed by atoms with van der Waals surface area (Å²) < 4.78 is 20.7. The van der Waals surface area contributed by atoms with Gasteiger partial charge in [-0.1, -0.05) is 6.07 Å². The van der Waals surface area contributed by atoms with Crippen molar-refractivity contribution in [2.75, 3.05) is 6.61 Å². The highest BCUT2D eigenvalue weighted by Gasteiger charge is 2.09. The molecule has 4 heteroatoms. The van der Waals surface area contributed by atoms with E-state index >= 15 is 0 Å². The lowest BCUT2D eigenvalue weighted by Gasteiger charge is -2.03. The van der Waals surface area contributed by atoms with Gasteiger partial charge in [-0.2, -0.15) is 0 Å². The van der Waals surface area contributed by atoms with Crippen LogP contribution < -0.4 is 9.51 Å². The average Bonchev–Trinajstić information content (AvgIpc) is 2.52. The highest BCUT2D eigenvalue weighted by molar-refractivity contribution is 7.26. The van der Waals surface area contributed by atoms with Gasteiger partial charge in [0.1, 0.15) is 0 Å². The lowest BCUT2D eigenvalue weighted by molar-refractivity contribution is 0.323. The van der Waals surface area contributed by atoms with Crippen LogP contribution in [0.1, 0.15) is 6.92 Å². The van der Waals surface area contributed by atoms with E-state index in [1.54, 1.807) is 6.07 Å². The molecular weight excluding hydrogens is 198 g/mol. The number of hydrogen-bond acceptors (Lipinski definition) is 2. The van der Waals surface area contributed by atoms with Crippen molar-refractivity contribution in [1.29, 1.82) is 0 Å². The number of rotatable bonds is 2. The van der Waals surface area contributed by atoms with Crippen LogP contribution in [0.5, 0.6) is 5.75 Å². The molecular formula is C10H10BFOS. The first-order valence-electron chi connectivity index (χ1n) is 4.54. The fraction of sp³-hybridized carbons (Fsp3) is 0.200. The van der Waals surface area contributed by atoms with Crippen molar-refractivity contribution < 1.29 is 9.13 Å². The molecule has 14 heavy (non-hydrogen) atoms. The van der Waals surface area contributed by atoms with Gasteiger partial charge in [-0.25, -0.2) is 4.39 Å². The van der Waals surface area contributed by atoms with Gasteiger partial charge in [-0.15, -0.1) is 11.3 Å². The number of hydrogen-bond donors (Lipinski definition) is 0. The molecule has 0 radical (unpaired) electrons. The van der Waals surface area contributed by atoms with Gasteiger partial charge in [0.25, 0.3) is 0 Å². The second kappa shape index (κ2) is 3.61. The Morgan fingerprint density at radius 1 is 1.50 bits per heavy atom. The molecule has 0 bridgehead atoms. The summed E-state index contributed by atoms with van der Waals surface area (Å²) in [6, 6.07) is 5.57. The highest BCUT2D eigenvalue weighted by atomic mass is 32.1. The van der Waals surface area contributed by atoms with Crippen molar-refractivity contribution in [3.63, 3.8) is 0 Å². The average molecular weight is 208 g/mol. The van der Waals surface area contributed by atoms with E-state index in [0.29, 0.717) is 17.1 Å². The lowest BCUT2D eigenvalue weighted by Crippen LogP contribution is -1.93. The summed E-state index contributed by atoms with van der Waals surface area (Å²) in [6.45, 7) is 2.34. The Labute approximate surface area is 86.9 Å². The first-order chi connectivity index (χ1) is 6.72. The minimum absolute atomic E-state index is 0.234. The van der Waals surface area contributed by atoms with Crippen LogP contribution in [-0.2, 0) is 0 Å². The van der Waals surface area contributed by atoms with E-state index in [1.807, 2.05) is 26.9 Å². The zero-order valence-corrected chi connectivity index (χ0v) is 8.95. The van der Waals surface area contributed by atoms with Gasteiger partial charge in [0.05, 0.1) is 11.3 Å². The molecule has 1 heterocycles. The molecule has 0 aliphatic rings. The third-order valence-electron chi connectivity index (χ3n) is 2.01. The quantitative estimate of drug-likeness (QED) is 0.682. The molecule has 1 aromatic heterocycles. The minimum atomic E-state index is -0.234. The number of ether oxygens (including phenoxy) is 1. The molecule has 0 N–H and O–H groups in total. The van der Waals surface area contributed by atoms with E-state index in [0.717, 1.165) is 10.2 Å². The van der Waals surface area contributed by atoms with Gasteiger partial charge in [0, 0.05) is 0 Å². The molecule has 0 saturated heterocycles. The number of thiophene rings is 1. The predicted molar refractivity (Wildman–Crippen MR) is 61.1 cm³/mol. The highest BCUT2D eigenvalue weighted by Crippen LogP contribution is 2.28. The summed E-state index contributed by atoms with van der Waals surface area (Å²) in [7, 11) is 1.98. The van der Waals surface area contributed by atoms with Crippen molar-refractivity contribution >= 4 is 34.0 Å². The number of halogens is 1. The molecule has 0 amide bonds. The zero-order chi connectivity index (χ0) is 10.1. The van der Waals surface area contributed by atoms with Crippen LogP contribution >= 0.6 is 11.3 Å². The number of fused-ring (bicyclic) bond motifs is 1. The van der Waals surface area contributed by atoms with Crippen LogP contribution in [0.15, 0.2) is 18.2 Å². The summed E-state index contributed by atoms with van der Waals surface area (Å²) in [5.41, 5.74) is 0. The lowest BCUT2D eigenvalue weighted by atomic mass is 10.1. The molecule has 0 aliphatic heterocycles. The summed E-state index contributed by atoms with van der Waals surface area (Å²) in [5.74, 6) is 0.115. The van der Waals surface area contributed by atoms with Crippen LogP contribution in [0.25, 0.3) is 10.1 Å². The number of benzene rings is 1. The van der Waals surface area contributed by atoms with Gasteiger partial charge >= 0.3 is 0 Å². The first-order valence-corrected chi connectivity index (χ1v) is 5.35. The van der Waals surface area contributed by atoms with E-state index in [4.69, 9.17) is 4.74 Å². The molecule has 2 aromatic rings. The Bertz CT molecular complexity index is 466. The van der Waals surface area contributed by atoms with Crippen LogP contribution in [0, 0.1) is 5.82 Å². The Hall–Kier alpha value is -1.03. The standard InChI is InChI=1S/C10H10BFOS/c1-2-13-7-4-3-6-5-8(11)14-10(6)9(7)12/h3-5H,2,11H2,1H3. The van der Waals surface area contributed by atoms with Gasteiger partial charge < -0.3 is 4.74 Å². The second-order valence-corrected chi connectivity index (χ2v) is 4.34. The van der Waals surface area contributed by atoms with E-state index < -0.39 is 0 Å². The SMILES string of the molecule is Bc1cc2ccc(OCC)c(F)c2s1. The molecule has 2 rings (SSSR count). The fourth-order valence-corrected chi connectivity index (χ4v) is 2.39. The van der Waals surface area contributed by atoms with Crippen LogP contribution in [0.3, 0.4) is 0 Å². The smallest absolute Gasteiger partial charge is 0.182 e. The maximum atomic E-state index is 13.8. The molecule has 72 valence electrons. The molecule has 0 unspecified atom stereocenters. The Balaban J connectivity index is 2.61. The van der Waals surface area contributed by atoms with Crippen molar-refractivity contribution in [3.8, 4) is 5.75 Å². The first kappa shape index (κ1) is 9.53. The third-order valence-corrected chi connectivity index (χ3v) is 3.07. The monoisotopic (exact) mass is 208 g/mol. The van der Waals surface area contributed by atoms with Crippen molar-refractivity contribution in [3.05, 3.63) is 24.0 Å². The van der Waals surface area contributed by atoms with Gasteiger partial charge in [-0.05, 0) is 29.2 Å². The molecule has 0 atom stereocenters. The van der Waals surface area contributed by atoms with Gasteiger partial charge in [0.2, 0.25) is 0 Å². The van der Waals surface area contributed by atoms with Crippen LogP contribution in [0.4, 0.5) is 4.39 Å². The summed E-state index contributed by atoms with van der Waals surface area (Å²) in [4.78, 5) is 0. The normalized spacial score (nSPS) is 10.7. The van der Waals surface area contributed by atoms with Gasteiger partial charge in [-0.3, -0.25) is 0 Å². The third kappa shape index (κ3) is 1.50. The molecule has 1 aromatic carbocycles. The minimum Gasteiger partial charge on any atom is -0.491 e. The topological polar surface area (TPSA) is 9.23 Å². The maximum absolute atomic E-state index is 13.8. The van der Waals surface area contributed by atoms with E-state index in [-0.39, 0.29) is 5.82 Å². The van der Waals surface area contributed by atoms with Crippen LogP contribution in [-0.4, -0.2) is 14.5 Å². The summed E-state index contributed by atoms with van der Waals surface area (Å²) >= 11 is 1.46. The largest absolute Gasteiger partial charge is 0.491 e. The summed E-state index contributed by atoms with van der Waals surface area (Å²) in [6.07, 6.45) is 0. The molecule has 0 spiro atoms. The van der Waals surface area contributed by atoms with E-state index in [1.165, 1.54) is 11.3 Å². The van der Waals surface area contributed by atoms with Crippen molar-refractivity contribution in [1.82, 2.24) is 0 Å². The van der Waals surface area contributed by atoms with Crippen molar-refractivity contribution in [2.45, 2.75) is 6.92 Å². The molecule has 0 saturated carbocycles. The Morgan fingerprint density at radius 2 is 2.29 bits per heavy atom. The van der Waals surface area contributed by atoms with Crippen LogP contribution in [0.2, 0.25) is 0 Å². The Morgan fingerprint density at radius 3 is 3.00 bits per heavy atom. The van der Waals surface area contributed by atoms with E-state index in [9.17, 15) is 4.39 Å². The second-order valence-electron chi connectivity index (χ2n) is 3.09. The molecule has 0 aliphatic carbocycles. The fourth-order valence-electron chi connectivity index (χ4n) is 1.45.